The number of aromatic nitrogens is 1. The molecule has 3 aromatic rings. The number of nitrogens with one attached hydrogen (secondary N) is 1. The van der Waals surface area contributed by atoms with E-state index in [1.54, 1.807) is 18.4 Å². The normalized spacial score (nSPS) is 11.7. The number of hydrogen-bond donors (Lipinski definition) is 1. The Balaban J connectivity index is 1.86. The molecule has 0 radical (unpaired) electrons. The van der Waals surface area contributed by atoms with Gasteiger partial charge in [0.2, 0.25) is 5.96 Å². The van der Waals surface area contributed by atoms with Gasteiger partial charge in [-0.15, -0.1) is 0 Å². The Morgan fingerprint density at radius 2 is 1.78 bits per heavy atom. The quantitative estimate of drug-likeness (QED) is 0.559. The Bertz CT molecular complexity index is 849. The summed E-state index contributed by atoms with van der Waals surface area (Å²) in [5.74, 6) is 0.768. The zero-order chi connectivity index (χ0) is 16.4. The molecule has 0 bridgehead atoms. The van der Waals surface area contributed by atoms with Crippen molar-refractivity contribution in [3.8, 4) is 0 Å². The number of nitrogens with zero attached hydrogens (tertiary/aromatic N) is 3. The molecule has 0 atom stereocenters. The number of guanidine groups is 1. The van der Waals surface area contributed by atoms with Gasteiger partial charge in [-0.05, 0) is 43.7 Å². The van der Waals surface area contributed by atoms with Crippen molar-refractivity contribution in [2.24, 2.45) is 4.99 Å². The molecule has 0 saturated carbocycles. The van der Waals surface area contributed by atoms with Crippen molar-refractivity contribution < 1.29 is 0 Å². The third-order valence-corrected chi connectivity index (χ3v) is 4.75. The molecular formula is C18H20N4S. The first-order valence-electron chi connectivity index (χ1n) is 7.48. The number of rotatable bonds is 2. The highest BCUT2D eigenvalue weighted by atomic mass is 32.1. The van der Waals surface area contributed by atoms with Crippen LogP contribution in [0.15, 0.2) is 47.5 Å². The monoisotopic (exact) mass is 324 g/mol. The molecule has 4 nitrogen and oxygen atoms in total. The fraction of sp³-hybridized carbons (Fsp3) is 0.222. The van der Waals surface area contributed by atoms with Gasteiger partial charge < -0.3 is 5.32 Å². The SMILES string of the molecule is CN=C(Nc1ccc(C)cc1)N(C)c1nc2ccc(C)cc2s1. The fourth-order valence-corrected chi connectivity index (χ4v) is 3.34. The van der Waals surface area contributed by atoms with E-state index in [1.165, 1.54) is 15.8 Å². The van der Waals surface area contributed by atoms with Gasteiger partial charge in [-0.2, -0.15) is 0 Å². The molecule has 0 spiro atoms. The lowest BCUT2D eigenvalue weighted by atomic mass is 10.2. The molecule has 0 unspecified atom stereocenters. The minimum absolute atomic E-state index is 0.768. The highest BCUT2D eigenvalue weighted by Gasteiger charge is 2.13. The minimum atomic E-state index is 0.768. The molecule has 0 fully saturated rings. The van der Waals surface area contributed by atoms with Crippen molar-refractivity contribution in [1.82, 2.24) is 4.98 Å². The number of aryl methyl sites for hydroxylation is 2. The molecular weight excluding hydrogens is 304 g/mol. The van der Waals surface area contributed by atoms with Gasteiger partial charge in [0.05, 0.1) is 10.2 Å². The molecule has 5 heteroatoms. The van der Waals surface area contributed by atoms with Crippen LogP contribution >= 0.6 is 11.3 Å². The van der Waals surface area contributed by atoms with Crippen LogP contribution in [0.2, 0.25) is 0 Å². The van der Waals surface area contributed by atoms with Gasteiger partial charge in [-0.3, -0.25) is 9.89 Å². The molecule has 1 aromatic heterocycles. The number of fused-ring (bicyclic) bond motifs is 1. The highest BCUT2D eigenvalue weighted by Crippen LogP contribution is 2.29. The zero-order valence-electron chi connectivity index (χ0n) is 13.8. The second-order valence-corrected chi connectivity index (χ2v) is 6.57. The summed E-state index contributed by atoms with van der Waals surface area (Å²) in [4.78, 5) is 11.1. The van der Waals surface area contributed by atoms with E-state index >= 15 is 0 Å². The summed E-state index contributed by atoms with van der Waals surface area (Å²) in [5.41, 5.74) is 4.52. The van der Waals surface area contributed by atoms with Crippen molar-refractivity contribution in [3.05, 3.63) is 53.6 Å². The summed E-state index contributed by atoms with van der Waals surface area (Å²) >= 11 is 1.67. The molecule has 1 N–H and O–H groups in total. The van der Waals surface area contributed by atoms with E-state index in [2.05, 4.69) is 66.6 Å². The third-order valence-electron chi connectivity index (χ3n) is 3.66. The van der Waals surface area contributed by atoms with Crippen LogP contribution < -0.4 is 10.2 Å². The van der Waals surface area contributed by atoms with E-state index in [9.17, 15) is 0 Å². The predicted octanol–water partition coefficient (Wildman–Crippen LogP) is 4.45. The Hall–Kier alpha value is -2.40. The zero-order valence-corrected chi connectivity index (χ0v) is 14.6. The van der Waals surface area contributed by atoms with Crippen molar-refractivity contribution in [1.29, 1.82) is 0 Å². The van der Waals surface area contributed by atoms with E-state index in [1.807, 2.05) is 11.9 Å². The molecule has 0 amide bonds. The lowest BCUT2D eigenvalue weighted by Gasteiger charge is -2.19. The van der Waals surface area contributed by atoms with Gasteiger partial charge in [0, 0.05) is 19.8 Å². The average molecular weight is 324 g/mol. The molecule has 3 rings (SSSR count). The Morgan fingerprint density at radius 1 is 1.09 bits per heavy atom. The van der Waals surface area contributed by atoms with Crippen molar-refractivity contribution in [2.75, 3.05) is 24.3 Å². The average Bonchev–Trinajstić information content (AvgIpc) is 2.96. The number of anilines is 2. The summed E-state index contributed by atoms with van der Waals surface area (Å²) in [6.45, 7) is 4.17. The summed E-state index contributed by atoms with van der Waals surface area (Å²) in [6, 6.07) is 14.6. The van der Waals surface area contributed by atoms with Crippen LogP contribution in [0.3, 0.4) is 0 Å². The van der Waals surface area contributed by atoms with Gasteiger partial charge in [-0.1, -0.05) is 35.1 Å². The van der Waals surface area contributed by atoms with E-state index in [4.69, 9.17) is 4.98 Å². The van der Waals surface area contributed by atoms with Crippen molar-refractivity contribution in [3.63, 3.8) is 0 Å². The molecule has 2 aromatic carbocycles. The predicted molar refractivity (Wildman–Crippen MR) is 101 cm³/mol. The van der Waals surface area contributed by atoms with Gasteiger partial charge in [-0.25, -0.2) is 4.98 Å². The van der Waals surface area contributed by atoms with Crippen LogP contribution in [0.1, 0.15) is 11.1 Å². The highest BCUT2D eigenvalue weighted by molar-refractivity contribution is 7.22. The van der Waals surface area contributed by atoms with Gasteiger partial charge in [0.15, 0.2) is 5.13 Å². The Labute approximate surface area is 140 Å². The number of benzene rings is 2. The van der Waals surface area contributed by atoms with Crippen LogP contribution in [-0.4, -0.2) is 25.0 Å². The van der Waals surface area contributed by atoms with E-state index in [0.29, 0.717) is 0 Å². The van der Waals surface area contributed by atoms with Crippen LogP contribution in [0.5, 0.6) is 0 Å². The lowest BCUT2D eigenvalue weighted by Crippen LogP contribution is -2.32. The second-order valence-electron chi connectivity index (χ2n) is 5.56. The summed E-state index contributed by atoms with van der Waals surface area (Å²) in [5, 5.41) is 4.27. The number of thiazole rings is 1. The van der Waals surface area contributed by atoms with Crippen LogP contribution in [-0.2, 0) is 0 Å². The first-order valence-corrected chi connectivity index (χ1v) is 8.30. The number of aliphatic imine (C=N–C) groups is 1. The van der Waals surface area contributed by atoms with Crippen LogP contribution in [0.4, 0.5) is 10.8 Å². The number of hydrogen-bond acceptors (Lipinski definition) is 3. The fourth-order valence-electron chi connectivity index (χ4n) is 2.31. The summed E-state index contributed by atoms with van der Waals surface area (Å²) in [7, 11) is 3.76. The van der Waals surface area contributed by atoms with Gasteiger partial charge >= 0.3 is 0 Å². The van der Waals surface area contributed by atoms with Crippen molar-refractivity contribution in [2.45, 2.75) is 13.8 Å². The first-order chi connectivity index (χ1) is 11.1. The lowest BCUT2D eigenvalue weighted by molar-refractivity contribution is 1.19. The van der Waals surface area contributed by atoms with E-state index in [-0.39, 0.29) is 0 Å². The molecule has 0 aliphatic rings. The first kappa shape index (κ1) is 15.5. The molecule has 1 heterocycles. The molecule has 0 aliphatic heterocycles. The maximum absolute atomic E-state index is 4.70. The summed E-state index contributed by atoms with van der Waals surface area (Å²) < 4.78 is 1.19. The van der Waals surface area contributed by atoms with Crippen LogP contribution in [0.25, 0.3) is 10.2 Å². The van der Waals surface area contributed by atoms with Crippen LogP contribution in [0, 0.1) is 13.8 Å². The Morgan fingerprint density at radius 3 is 2.48 bits per heavy atom. The molecule has 0 aliphatic carbocycles. The molecule has 0 saturated heterocycles. The minimum Gasteiger partial charge on any atom is -0.326 e. The molecule has 118 valence electrons. The topological polar surface area (TPSA) is 40.5 Å². The van der Waals surface area contributed by atoms with E-state index in [0.717, 1.165) is 22.3 Å². The van der Waals surface area contributed by atoms with Crippen molar-refractivity contribution >= 4 is 38.3 Å². The van der Waals surface area contributed by atoms with Gasteiger partial charge in [0.1, 0.15) is 0 Å². The smallest absolute Gasteiger partial charge is 0.204 e. The maximum atomic E-state index is 4.70. The molecule has 23 heavy (non-hydrogen) atoms. The maximum Gasteiger partial charge on any atom is 0.204 e. The Kier molecular flexibility index (Phi) is 4.30. The standard InChI is InChI=1S/C18H20N4S/c1-12-5-8-14(9-6-12)20-17(19-3)22(4)18-21-15-10-7-13(2)11-16(15)23-18/h5-11H,1-4H3,(H,19,20). The third kappa shape index (κ3) is 3.35. The second kappa shape index (κ2) is 6.38. The van der Waals surface area contributed by atoms with Gasteiger partial charge in [0.25, 0.3) is 0 Å². The summed E-state index contributed by atoms with van der Waals surface area (Å²) in [6.07, 6.45) is 0. The largest absolute Gasteiger partial charge is 0.326 e. The van der Waals surface area contributed by atoms with E-state index < -0.39 is 0 Å².